The Balaban J connectivity index is 2.06. The average molecular weight is 305 g/mol. The molecule has 4 atom stereocenters. The zero-order chi connectivity index (χ0) is 14.9. The molecule has 1 aliphatic rings. The van der Waals surface area contributed by atoms with Gasteiger partial charge in [0.15, 0.2) is 0 Å². The summed E-state index contributed by atoms with van der Waals surface area (Å²) in [5, 5.41) is 19.7. The van der Waals surface area contributed by atoms with Gasteiger partial charge in [-0.1, -0.05) is 12.1 Å². The highest BCUT2D eigenvalue weighted by Crippen LogP contribution is 2.39. The Hall–Kier alpha value is -0.990. The van der Waals surface area contributed by atoms with Crippen LogP contribution in [-0.4, -0.2) is 44.9 Å². The maximum absolute atomic E-state index is 10.6. The summed E-state index contributed by atoms with van der Waals surface area (Å²) >= 11 is 0. The number of nitrogens with two attached hydrogens (primary N) is 1. The largest absolute Gasteiger partial charge is 0.469 e. The minimum Gasteiger partial charge on any atom is -0.399 e. The molecule has 1 aromatic carbocycles. The predicted molar refractivity (Wildman–Crippen MR) is 68.5 cm³/mol. The third-order valence-corrected chi connectivity index (χ3v) is 3.52. The molecule has 0 aromatic heterocycles. The van der Waals surface area contributed by atoms with E-state index in [0.717, 1.165) is 0 Å². The summed E-state index contributed by atoms with van der Waals surface area (Å²) in [4.78, 5) is 17.2. The molecule has 1 aliphatic heterocycles. The van der Waals surface area contributed by atoms with Crippen LogP contribution in [-0.2, 0) is 13.8 Å². The van der Waals surface area contributed by atoms with Gasteiger partial charge in [0, 0.05) is 5.69 Å². The third kappa shape index (κ3) is 3.56. The molecular weight excluding hydrogens is 289 g/mol. The van der Waals surface area contributed by atoms with Crippen LogP contribution >= 0.6 is 7.82 Å². The Morgan fingerprint density at radius 2 is 1.80 bits per heavy atom. The van der Waals surface area contributed by atoms with Gasteiger partial charge in [0.1, 0.15) is 24.4 Å². The number of hydrogen-bond donors (Lipinski definition) is 5. The first-order chi connectivity index (χ1) is 9.28. The van der Waals surface area contributed by atoms with E-state index >= 15 is 0 Å². The molecule has 4 unspecified atom stereocenters. The minimum atomic E-state index is -4.65. The standard InChI is InChI=1S/C11H16NO7P/c12-7-3-1-6(2-4-7)11-10(14)9(13)8(19-11)5-18-20(15,16)17/h1-4,8-11,13-14H,5,12H2,(H2,15,16,17). The zero-order valence-corrected chi connectivity index (χ0v) is 11.3. The number of benzene rings is 1. The Morgan fingerprint density at radius 3 is 2.35 bits per heavy atom. The van der Waals surface area contributed by atoms with Gasteiger partial charge in [0.05, 0.1) is 6.61 Å². The van der Waals surface area contributed by atoms with Crippen LogP contribution in [0.15, 0.2) is 24.3 Å². The molecule has 1 aromatic rings. The second kappa shape index (κ2) is 5.79. The molecule has 112 valence electrons. The van der Waals surface area contributed by atoms with Crippen LogP contribution in [0.5, 0.6) is 0 Å². The van der Waals surface area contributed by atoms with Crippen molar-refractivity contribution in [1.82, 2.24) is 0 Å². The first-order valence-electron chi connectivity index (χ1n) is 5.85. The lowest BCUT2D eigenvalue weighted by Gasteiger charge is -2.15. The molecule has 0 amide bonds. The van der Waals surface area contributed by atoms with Crippen molar-refractivity contribution >= 4 is 13.5 Å². The summed E-state index contributed by atoms with van der Waals surface area (Å²) in [7, 11) is -4.65. The molecule has 6 N–H and O–H groups in total. The number of ether oxygens (including phenoxy) is 1. The molecule has 2 rings (SSSR count). The molecule has 0 aliphatic carbocycles. The van der Waals surface area contributed by atoms with Crippen molar-refractivity contribution in [3.8, 4) is 0 Å². The summed E-state index contributed by atoms with van der Waals surface area (Å²) in [6.07, 6.45) is -4.36. The Labute approximate surface area is 115 Å². The van der Waals surface area contributed by atoms with Crippen LogP contribution < -0.4 is 5.73 Å². The fourth-order valence-corrected chi connectivity index (χ4v) is 2.36. The first-order valence-corrected chi connectivity index (χ1v) is 7.38. The maximum atomic E-state index is 10.6. The van der Waals surface area contributed by atoms with Crippen LogP contribution in [0.1, 0.15) is 11.7 Å². The van der Waals surface area contributed by atoms with Crippen molar-refractivity contribution in [2.75, 3.05) is 12.3 Å². The lowest BCUT2D eigenvalue weighted by Crippen LogP contribution is -2.33. The van der Waals surface area contributed by atoms with Crippen molar-refractivity contribution in [3.05, 3.63) is 29.8 Å². The van der Waals surface area contributed by atoms with Gasteiger partial charge in [-0.25, -0.2) is 4.57 Å². The number of anilines is 1. The van der Waals surface area contributed by atoms with Crippen LogP contribution in [0.2, 0.25) is 0 Å². The van der Waals surface area contributed by atoms with Crippen LogP contribution in [0.4, 0.5) is 5.69 Å². The van der Waals surface area contributed by atoms with Gasteiger partial charge in [0.2, 0.25) is 0 Å². The van der Waals surface area contributed by atoms with E-state index in [4.69, 9.17) is 20.3 Å². The molecule has 20 heavy (non-hydrogen) atoms. The van der Waals surface area contributed by atoms with Gasteiger partial charge in [-0.3, -0.25) is 4.52 Å². The Morgan fingerprint density at radius 1 is 1.20 bits per heavy atom. The number of hydrogen-bond acceptors (Lipinski definition) is 6. The molecule has 0 radical (unpaired) electrons. The number of aliphatic hydroxyl groups is 2. The van der Waals surface area contributed by atoms with Crippen molar-refractivity contribution in [2.45, 2.75) is 24.4 Å². The van der Waals surface area contributed by atoms with Crippen molar-refractivity contribution in [2.24, 2.45) is 0 Å². The SMILES string of the molecule is Nc1ccc(C2OC(COP(=O)(O)O)C(O)C2O)cc1. The number of phosphoric ester groups is 1. The van der Waals surface area contributed by atoms with Crippen LogP contribution in [0.3, 0.4) is 0 Å². The fraction of sp³-hybridized carbons (Fsp3) is 0.455. The van der Waals surface area contributed by atoms with Crippen LogP contribution in [0.25, 0.3) is 0 Å². The number of rotatable bonds is 4. The molecule has 1 saturated heterocycles. The van der Waals surface area contributed by atoms with Gasteiger partial charge in [0.25, 0.3) is 0 Å². The molecule has 8 nitrogen and oxygen atoms in total. The molecule has 0 spiro atoms. The highest BCUT2D eigenvalue weighted by Gasteiger charge is 2.44. The van der Waals surface area contributed by atoms with Crippen molar-refractivity contribution in [3.63, 3.8) is 0 Å². The third-order valence-electron chi connectivity index (χ3n) is 3.03. The number of aliphatic hydroxyl groups excluding tert-OH is 2. The van der Waals surface area contributed by atoms with E-state index in [2.05, 4.69) is 4.52 Å². The van der Waals surface area contributed by atoms with E-state index in [1.54, 1.807) is 24.3 Å². The fourth-order valence-electron chi connectivity index (χ4n) is 2.02. The normalized spacial score (nSPS) is 30.6. The van der Waals surface area contributed by atoms with Gasteiger partial charge in [-0.2, -0.15) is 0 Å². The predicted octanol–water partition coefficient (Wildman–Crippen LogP) is -0.460. The maximum Gasteiger partial charge on any atom is 0.469 e. The van der Waals surface area contributed by atoms with Gasteiger partial charge in [-0.05, 0) is 17.7 Å². The highest BCUT2D eigenvalue weighted by molar-refractivity contribution is 7.46. The quantitative estimate of drug-likeness (QED) is 0.371. The highest BCUT2D eigenvalue weighted by atomic mass is 31.2. The summed E-state index contributed by atoms with van der Waals surface area (Å²) < 4.78 is 20.3. The Bertz CT molecular complexity index is 502. The van der Waals surface area contributed by atoms with Gasteiger partial charge in [-0.15, -0.1) is 0 Å². The summed E-state index contributed by atoms with van der Waals surface area (Å²) in [5.74, 6) is 0. The average Bonchev–Trinajstić information content (AvgIpc) is 2.64. The molecule has 1 heterocycles. The van der Waals surface area contributed by atoms with Gasteiger partial charge >= 0.3 is 7.82 Å². The zero-order valence-electron chi connectivity index (χ0n) is 10.4. The van der Waals surface area contributed by atoms with E-state index in [9.17, 15) is 14.8 Å². The lowest BCUT2D eigenvalue weighted by molar-refractivity contribution is -0.0223. The second-order valence-electron chi connectivity index (χ2n) is 4.53. The van der Waals surface area contributed by atoms with Crippen molar-refractivity contribution < 1.29 is 33.8 Å². The molecule has 0 saturated carbocycles. The first kappa shape index (κ1) is 15.4. The molecule has 1 fully saturated rings. The minimum absolute atomic E-state index is 0.520. The number of phosphoric acid groups is 1. The monoisotopic (exact) mass is 305 g/mol. The topological polar surface area (TPSA) is 142 Å². The van der Waals surface area contributed by atoms with Crippen molar-refractivity contribution in [1.29, 1.82) is 0 Å². The van der Waals surface area contributed by atoms with Crippen LogP contribution in [0, 0.1) is 0 Å². The van der Waals surface area contributed by atoms with E-state index in [1.807, 2.05) is 0 Å². The van der Waals surface area contributed by atoms with E-state index < -0.39 is 38.8 Å². The van der Waals surface area contributed by atoms with Gasteiger partial charge < -0.3 is 30.5 Å². The second-order valence-corrected chi connectivity index (χ2v) is 5.77. The molecular formula is C11H16NO7P. The lowest BCUT2D eigenvalue weighted by atomic mass is 10.0. The summed E-state index contributed by atoms with van der Waals surface area (Å²) in [5.41, 5.74) is 6.70. The smallest absolute Gasteiger partial charge is 0.399 e. The Kier molecular flexibility index (Phi) is 4.46. The number of nitrogen functional groups attached to an aromatic ring is 1. The van der Waals surface area contributed by atoms with E-state index in [-0.39, 0.29) is 0 Å². The van der Waals surface area contributed by atoms with E-state index in [1.165, 1.54) is 0 Å². The summed E-state index contributed by atoms with van der Waals surface area (Å²) in [6, 6.07) is 6.53. The molecule has 9 heteroatoms. The van der Waals surface area contributed by atoms with E-state index in [0.29, 0.717) is 11.3 Å². The molecule has 0 bridgehead atoms. The summed E-state index contributed by atoms with van der Waals surface area (Å²) in [6.45, 7) is -0.520.